The number of halogens is 1. The Morgan fingerprint density at radius 3 is 2.94 bits per heavy atom. The molecule has 1 fully saturated rings. The molecule has 1 aromatic rings. The third-order valence-electron chi connectivity index (χ3n) is 3.24. The molecule has 0 spiro atoms. The second kappa shape index (κ2) is 4.83. The summed E-state index contributed by atoms with van der Waals surface area (Å²) in [5.74, 6) is -0.129. The van der Waals surface area contributed by atoms with E-state index >= 15 is 0 Å². The summed E-state index contributed by atoms with van der Waals surface area (Å²) in [6.45, 7) is 3.92. The Bertz CT molecular complexity index is 359. The van der Waals surface area contributed by atoms with E-state index in [9.17, 15) is 4.39 Å². The largest absolute Gasteiger partial charge is 0.373 e. The minimum Gasteiger partial charge on any atom is -0.373 e. The molecule has 2 nitrogen and oxygen atoms in total. The van der Waals surface area contributed by atoms with E-state index in [0.29, 0.717) is 11.6 Å². The van der Waals surface area contributed by atoms with Crippen molar-refractivity contribution in [3.63, 3.8) is 0 Å². The molecule has 88 valence electrons. The second-order valence-electron chi connectivity index (χ2n) is 4.61. The van der Waals surface area contributed by atoms with Crippen molar-refractivity contribution in [1.82, 2.24) is 5.32 Å². The van der Waals surface area contributed by atoms with E-state index in [1.165, 1.54) is 12.8 Å². The molecular weight excluding hydrogens is 203 g/mol. The summed E-state index contributed by atoms with van der Waals surface area (Å²) >= 11 is 0. The van der Waals surface area contributed by atoms with Gasteiger partial charge in [-0.15, -0.1) is 0 Å². The lowest BCUT2D eigenvalue weighted by atomic mass is 10.1. The fourth-order valence-corrected chi connectivity index (χ4v) is 2.21. The average Bonchev–Trinajstić information content (AvgIpc) is 2.74. The first kappa shape index (κ1) is 11.4. The van der Waals surface area contributed by atoms with Gasteiger partial charge in [-0.25, -0.2) is 4.39 Å². The monoisotopic (exact) mass is 222 g/mol. The van der Waals surface area contributed by atoms with Crippen LogP contribution in [0, 0.1) is 12.7 Å². The first-order chi connectivity index (χ1) is 7.66. The van der Waals surface area contributed by atoms with Gasteiger partial charge in [0, 0.05) is 25.3 Å². The van der Waals surface area contributed by atoms with Gasteiger partial charge in [-0.1, -0.05) is 0 Å². The molecule has 0 bridgehead atoms. The van der Waals surface area contributed by atoms with Crippen LogP contribution in [0.1, 0.15) is 18.4 Å². The number of benzene rings is 1. The Balaban J connectivity index is 2.02. The summed E-state index contributed by atoms with van der Waals surface area (Å²) in [6, 6.07) is 5.88. The molecule has 1 saturated heterocycles. The molecule has 1 heterocycles. The van der Waals surface area contributed by atoms with Crippen molar-refractivity contribution < 1.29 is 4.39 Å². The highest BCUT2D eigenvalue weighted by atomic mass is 19.1. The van der Waals surface area contributed by atoms with E-state index < -0.39 is 0 Å². The molecular formula is C13H19FN2. The van der Waals surface area contributed by atoms with Crippen LogP contribution in [0.15, 0.2) is 18.2 Å². The third kappa shape index (κ3) is 2.53. The topological polar surface area (TPSA) is 15.3 Å². The zero-order chi connectivity index (χ0) is 11.5. The van der Waals surface area contributed by atoms with Gasteiger partial charge in [0.05, 0.1) is 0 Å². The lowest BCUT2D eigenvalue weighted by molar-refractivity contribution is 0.597. The van der Waals surface area contributed by atoms with Gasteiger partial charge in [-0.05, 0) is 50.1 Å². The zero-order valence-electron chi connectivity index (χ0n) is 9.96. The van der Waals surface area contributed by atoms with Gasteiger partial charge in [-0.3, -0.25) is 0 Å². The van der Waals surface area contributed by atoms with E-state index in [1.54, 1.807) is 13.0 Å². The normalized spacial score (nSPS) is 20.1. The first-order valence-electron chi connectivity index (χ1n) is 5.87. The van der Waals surface area contributed by atoms with Crippen molar-refractivity contribution >= 4 is 5.69 Å². The maximum Gasteiger partial charge on any atom is 0.126 e. The third-order valence-corrected chi connectivity index (χ3v) is 3.24. The molecule has 0 aromatic heterocycles. The Morgan fingerprint density at radius 1 is 1.50 bits per heavy atom. The minimum atomic E-state index is -0.129. The van der Waals surface area contributed by atoms with Gasteiger partial charge >= 0.3 is 0 Å². The number of hydrogen-bond acceptors (Lipinski definition) is 2. The summed E-state index contributed by atoms with van der Waals surface area (Å²) in [4.78, 5) is 2.19. The Labute approximate surface area is 96.5 Å². The Morgan fingerprint density at radius 2 is 2.31 bits per heavy atom. The minimum absolute atomic E-state index is 0.129. The van der Waals surface area contributed by atoms with Gasteiger partial charge < -0.3 is 10.2 Å². The molecule has 0 amide bonds. The fourth-order valence-electron chi connectivity index (χ4n) is 2.21. The van der Waals surface area contributed by atoms with Crippen molar-refractivity contribution in [3.8, 4) is 0 Å². The Kier molecular flexibility index (Phi) is 3.44. The van der Waals surface area contributed by atoms with Crippen molar-refractivity contribution in [3.05, 3.63) is 29.6 Å². The van der Waals surface area contributed by atoms with Crippen molar-refractivity contribution in [1.29, 1.82) is 0 Å². The van der Waals surface area contributed by atoms with Crippen LogP contribution in [-0.4, -0.2) is 26.2 Å². The molecule has 0 aliphatic carbocycles. The van der Waals surface area contributed by atoms with Crippen LogP contribution in [0.3, 0.4) is 0 Å². The molecule has 3 heteroatoms. The maximum atomic E-state index is 13.1. The number of anilines is 1. The molecule has 2 rings (SSSR count). The summed E-state index contributed by atoms with van der Waals surface area (Å²) in [7, 11) is 2.06. The molecule has 1 atom stereocenters. The van der Waals surface area contributed by atoms with Crippen LogP contribution in [0.4, 0.5) is 10.1 Å². The van der Waals surface area contributed by atoms with Crippen LogP contribution >= 0.6 is 0 Å². The molecule has 1 aliphatic rings. The lowest BCUT2D eigenvalue weighted by Gasteiger charge is -2.23. The van der Waals surface area contributed by atoms with Crippen molar-refractivity contribution in [2.24, 2.45) is 0 Å². The number of aryl methyl sites for hydroxylation is 1. The summed E-state index contributed by atoms with van der Waals surface area (Å²) in [6.07, 6.45) is 2.51. The van der Waals surface area contributed by atoms with E-state index in [1.807, 2.05) is 12.1 Å². The van der Waals surface area contributed by atoms with Crippen LogP contribution in [0.5, 0.6) is 0 Å². The predicted molar refractivity (Wildman–Crippen MR) is 65.4 cm³/mol. The molecule has 1 N–H and O–H groups in total. The first-order valence-corrected chi connectivity index (χ1v) is 5.87. The molecule has 16 heavy (non-hydrogen) atoms. The highest BCUT2D eigenvalue weighted by Gasteiger charge is 2.16. The highest BCUT2D eigenvalue weighted by molar-refractivity contribution is 5.48. The van der Waals surface area contributed by atoms with Gasteiger partial charge in [-0.2, -0.15) is 0 Å². The smallest absolute Gasteiger partial charge is 0.126 e. The summed E-state index contributed by atoms with van der Waals surface area (Å²) in [5.41, 5.74) is 1.80. The number of nitrogens with zero attached hydrogens (tertiary/aromatic N) is 1. The van der Waals surface area contributed by atoms with Gasteiger partial charge in [0.2, 0.25) is 0 Å². The quantitative estimate of drug-likeness (QED) is 0.844. The number of nitrogens with one attached hydrogen (secondary N) is 1. The lowest BCUT2D eigenvalue weighted by Crippen LogP contribution is -2.35. The molecule has 1 aromatic carbocycles. The summed E-state index contributed by atoms with van der Waals surface area (Å²) in [5, 5.41) is 3.47. The van der Waals surface area contributed by atoms with Gasteiger partial charge in [0.1, 0.15) is 5.82 Å². The maximum absolute atomic E-state index is 13.1. The molecule has 1 unspecified atom stereocenters. The molecule has 0 radical (unpaired) electrons. The van der Waals surface area contributed by atoms with Crippen LogP contribution in [-0.2, 0) is 0 Å². The van der Waals surface area contributed by atoms with E-state index in [0.717, 1.165) is 18.8 Å². The zero-order valence-corrected chi connectivity index (χ0v) is 9.96. The van der Waals surface area contributed by atoms with E-state index in [2.05, 4.69) is 17.3 Å². The molecule has 0 saturated carbocycles. The van der Waals surface area contributed by atoms with Crippen molar-refractivity contribution in [2.45, 2.75) is 25.8 Å². The van der Waals surface area contributed by atoms with Crippen molar-refractivity contribution in [2.75, 3.05) is 25.0 Å². The number of likely N-dealkylation sites (N-methyl/N-ethyl adjacent to an activating group) is 1. The Hall–Kier alpha value is -1.09. The van der Waals surface area contributed by atoms with E-state index in [-0.39, 0.29) is 5.82 Å². The fraction of sp³-hybridized carbons (Fsp3) is 0.538. The van der Waals surface area contributed by atoms with Crippen LogP contribution in [0.2, 0.25) is 0 Å². The predicted octanol–water partition coefficient (Wildman–Crippen LogP) is 2.32. The SMILES string of the molecule is Cc1cc(N(C)CC2CCCN2)ccc1F. The number of hydrogen-bond donors (Lipinski definition) is 1. The van der Waals surface area contributed by atoms with Gasteiger partial charge in [0.15, 0.2) is 0 Å². The average molecular weight is 222 g/mol. The van der Waals surface area contributed by atoms with E-state index in [4.69, 9.17) is 0 Å². The second-order valence-corrected chi connectivity index (χ2v) is 4.61. The number of rotatable bonds is 3. The standard InChI is InChI=1S/C13H19FN2/c1-10-8-12(5-6-13(10)14)16(2)9-11-4-3-7-15-11/h5-6,8,11,15H,3-4,7,9H2,1-2H3. The van der Waals surface area contributed by atoms with Gasteiger partial charge in [0.25, 0.3) is 0 Å². The molecule has 1 aliphatic heterocycles. The van der Waals surface area contributed by atoms with Crippen LogP contribution < -0.4 is 10.2 Å². The highest BCUT2D eigenvalue weighted by Crippen LogP contribution is 2.18. The van der Waals surface area contributed by atoms with Crippen LogP contribution in [0.25, 0.3) is 0 Å². The summed E-state index contributed by atoms with van der Waals surface area (Å²) < 4.78 is 13.1.